The Morgan fingerprint density at radius 2 is 1.79 bits per heavy atom. The van der Waals surface area contributed by atoms with Gasteiger partial charge in [-0.25, -0.2) is 4.79 Å². The summed E-state index contributed by atoms with van der Waals surface area (Å²) >= 11 is 0. The van der Waals surface area contributed by atoms with Crippen molar-refractivity contribution in [2.24, 2.45) is 5.92 Å². The fourth-order valence-corrected chi connectivity index (χ4v) is 1.67. The second-order valence-electron chi connectivity index (χ2n) is 5.20. The van der Waals surface area contributed by atoms with Gasteiger partial charge in [-0.15, -0.1) is 0 Å². The summed E-state index contributed by atoms with van der Waals surface area (Å²) in [6.45, 7) is 7.09. The molecule has 2 amide bonds. The molecule has 1 aromatic rings. The summed E-state index contributed by atoms with van der Waals surface area (Å²) in [6, 6.07) is 8.05. The zero-order chi connectivity index (χ0) is 14.3. The molecule has 0 bridgehead atoms. The van der Waals surface area contributed by atoms with Crippen LogP contribution < -0.4 is 16.0 Å². The maximum Gasteiger partial charge on any atom is 0.319 e. The number of carbonyl (C=O) groups excluding carboxylic acids is 1. The number of nitrogens with one attached hydrogen (secondary N) is 3. The van der Waals surface area contributed by atoms with Crippen LogP contribution in [0.1, 0.15) is 38.8 Å². The van der Waals surface area contributed by atoms with Gasteiger partial charge in [0, 0.05) is 18.3 Å². The SMILES string of the molecule is CNC(C)c1ccc(NC(=O)NCCC(C)C)cc1. The normalized spacial score (nSPS) is 12.3. The average molecular weight is 263 g/mol. The molecule has 0 aliphatic carbocycles. The number of carbonyl (C=O) groups is 1. The average Bonchev–Trinajstić information content (AvgIpc) is 2.38. The first-order valence-electron chi connectivity index (χ1n) is 6.85. The van der Waals surface area contributed by atoms with E-state index in [0.717, 1.165) is 12.1 Å². The summed E-state index contributed by atoms with van der Waals surface area (Å²) < 4.78 is 0. The molecule has 0 fully saturated rings. The third kappa shape index (κ3) is 5.75. The highest BCUT2D eigenvalue weighted by Gasteiger charge is 2.04. The monoisotopic (exact) mass is 263 g/mol. The standard InChI is InChI=1S/C15H25N3O/c1-11(2)9-10-17-15(19)18-14-7-5-13(6-8-14)12(3)16-4/h5-8,11-12,16H,9-10H2,1-4H3,(H2,17,18,19). The molecule has 1 aromatic carbocycles. The molecule has 0 saturated carbocycles. The minimum absolute atomic E-state index is 0.143. The minimum atomic E-state index is -0.143. The zero-order valence-electron chi connectivity index (χ0n) is 12.3. The van der Waals surface area contributed by atoms with Gasteiger partial charge in [0.15, 0.2) is 0 Å². The molecular weight excluding hydrogens is 238 g/mol. The number of hydrogen-bond acceptors (Lipinski definition) is 2. The van der Waals surface area contributed by atoms with Crippen molar-refractivity contribution >= 4 is 11.7 Å². The van der Waals surface area contributed by atoms with Crippen LogP contribution in [0.5, 0.6) is 0 Å². The van der Waals surface area contributed by atoms with Gasteiger partial charge in [-0.2, -0.15) is 0 Å². The number of hydrogen-bond donors (Lipinski definition) is 3. The second-order valence-corrected chi connectivity index (χ2v) is 5.20. The third-order valence-electron chi connectivity index (χ3n) is 3.11. The Morgan fingerprint density at radius 3 is 2.32 bits per heavy atom. The van der Waals surface area contributed by atoms with E-state index < -0.39 is 0 Å². The fraction of sp³-hybridized carbons (Fsp3) is 0.533. The molecule has 3 N–H and O–H groups in total. The topological polar surface area (TPSA) is 53.2 Å². The van der Waals surface area contributed by atoms with E-state index in [4.69, 9.17) is 0 Å². The molecule has 1 atom stereocenters. The van der Waals surface area contributed by atoms with Crippen molar-refractivity contribution in [3.63, 3.8) is 0 Å². The van der Waals surface area contributed by atoms with Crippen molar-refractivity contribution in [2.75, 3.05) is 18.9 Å². The van der Waals surface area contributed by atoms with Crippen molar-refractivity contribution in [1.82, 2.24) is 10.6 Å². The van der Waals surface area contributed by atoms with E-state index in [1.165, 1.54) is 5.56 Å². The van der Waals surface area contributed by atoms with Gasteiger partial charge >= 0.3 is 6.03 Å². The predicted molar refractivity (Wildman–Crippen MR) is 80.4 cm³/mol. The highest BCUT2D eigenvalue weighted by atomic mass is 16.2. The van der Waals surface area contributed by atoms with E-state index in [9.17, 15) is 4.79 Å². The van der Waals surface area contributed by atoms with E-state index in [1.807, 2.05) is 31.3 Å². The van der Waals surface area contributed by atoms with E-state index in [1.54, 1.807) is 0 Å². The van der Waals surface area contributed by atoms with Crippen LogP contribution in [0.15, 0.2) is 24.3 Å². The maximum atomic E-state index is 11.6. The lowest BCUT2D eigenvalue weighted by Crippen LogP contribution is -2.30. The molecule has 4 heteroatoms. The summed E-state index contributed by atoms with van der Waals surface area (Å²) in [5, 5.41) is 8.86. The third-order valence-corrected chi connectivity index (χ3v) is 3.11. The number of rotatable bonds is 6. The van der Waals surface area contributed by atoms with Crippen molar-refractivity contribution in [3.05, 3.63) is 29.8 Å². The Morgan fingerprint density at radius 1 is 1.16 bits per heavy atom. The lowest BCUT2D eigenvalue weighted by atomic mass is 10.1. The molecule has 1 rings (SSSR count). The lowest BCUT2D eigenvalue weighted by molar-refractivity contribution is 0.251. The number of amides is 2. The van der Waals surface area contributed by atoms with Crippen LogP contribution in [-0.4, -0.2) is 19.6 Å². The summed E-state index contributed by atoms with van der Waals surface area (Å²) in [5.41, 5.74) is 2.02. The molecule has 0 aliphatic rings. The molecule has 0 heterocycles. The first-order valence-corrected chi connectivity index (χ1v) is 6.85. The first kappa shape index (κ1) is 15.5. The first-order chi connectivity index (χ1) is 9.02. The minimum Gasteiger partial charge on any atom is -0.338 e. The van der Waals surface area contributed by atoms with Crippen LogP contribution in [0.4, 0.5) is 10.5 Å². The van der Waals surface area contributed by atoms with E-state index in [2.05, 4.69) is 36.7 Å². The molecule has 4 nitrogen and oxygen atoms in total. The van der Waals surface area contributed by atoms with Crippen LogP contribution in [0.3, 0.4) is 0 Å². The summed E-state index contributed by atoms with van der Waals surface area (Å²) in [6.07, 6.45) is 0.992. The van der Waals surface area contributed by atoms with Crippen molar-refractivity contribution < 1.29 is 4.79 Å². The highest BCUT2D eigenvalue weighted by molar-refractivity contribution is 5.89. The molecule has 1 unspecified atom stereocenters. The molecule has 0 aliphatic heterocycles. The predicted octanol–water partition coefficient (Wildman–Crippen LogP) is 3.13. The van der Waals surface area contributed by atoms with Gasteiger partial charge in [0.05, 0.1) is 0 Å². The Balaban J connectivity index is 2.42. The second kappa shape index (κ2) is 7.79. The van der Waals surface area contributed by atoms with Crippen molar-refractivity contribution in [3.8, 4) is 0 Å². The molecule has 0 radical (unpaired) electrons. The Hall–Kier alpha value is -1.55. The van der Waals surface area contributed by atoms with E-state index in [-0.39, 0.29) is 6.03 Å². The lowest BCUT2D eigenvalue weighted by Gasteiger charge is -2.12. The zero-order valence-corrected chi connectivity index (χ0v) is 12.3. The molecular formula is C15H25N3O. The number of benzene rings is 1. The molecule has 19 heavy (non-hydrogen) atoms. The maximum absolute atomic E-state index is 11.6. The fourth-order valence-electron chi connectivity index (χ4n) is 1.67. The largest absolute Gasteiger partial charge is 0.338 e. The van der Waals surface area contributed by atoms with Crippen LogP contribution in [0.25, 0.3) is 0 Å². The smallest absolute Gasteiger partial charge is 0.319 e. The number of urea groups is 1. The molecule has 0 aromatic heterocycles. The van der Waals surface area contributed by atoms with Crippen LogP contribution in [-0.2, 0) is 0 Å². The van der Waals surface area contributed by atoms with Crippen LogP contribution >= 0.6 is 0 Å². The molecule has 0 saturated heterocycles. The van der Waals surface area contributed by atoms with Crippen LogP contribution in [0.2, 0.25) is 0 Å². The van der Waals surface area contributed by atoms with Gasteiger partial charge in [0.2, 0.25) is 0 Å². The van der Waals surface area contributed by atoms with Crippen molar-refractivity contribution in [2.45, 2.75) is 33.2 Å². The van der Waals surface area contributed by atoms with Gasteiger partial charge in [0.25, 0.3) is 0 Å². The molecule has 0 spiro atoms. The van der Waals surface area contributed by atoms with E-state index >= 15 is 0 Å². The van der Waals surface area contributed by atoms with Crippen molar-refractivity contribution in [1.29, 1.82) is 0 Å². The van der Waals surface area contributed by atoms with E-state index in [0.29, 0.717) is 18.5 Å². The van der Waals surface area contributed by atoms with Crippen LogP contribution in [0, 0.1) is 5.92 Å². The summed E-state index contributed by atoms with van der Waals surface area (Å²) in [7, 11) is 1.93. The Labute approximate surface area is 116 Å². The Kier molecular flexibility index (Phi) is 6.36. The Bertz CT molecular complexity index is 387. The van der Waals surface area contributed by atoms with Gasteiger partial charge in [-0.3, -0.25) is 0 Å². The summed E-state index contributed by atoms with van der Waals surface area (Å²) in [5.74, 6) is 0.600. The van der Waals surface area contributed by atoms with Gasteiger partial charge in [-0.1, -0.05) is 26.0 Å². The number of anilines is 1. The highest BCUT2D eigenvalue weighted by Crippen LogP contribution is 2.15. The van der Waals surface area contributed by atoms with Gasteiger partial charge in [-0.05, 0) is 44.0 Å². The quantitative estimate of drug-likeness (QED) is 0.738. The van der Waals surface area contributed by atoms with Gasteiger partial charge in [0.1, 0.15) is 0 Å². The summed E-state index contributed by atoms with van der Waals surface area (Å²) in [4.78, 5) is 11.6. The molecule has 106 valence electrons. The van der Waals surface area contributed by atoms with Gasteiger partial charge < -0.3 is 16.0 Å².